The second-order valence-corrected chi connectivity index (χ2v) is 6.30. The molecule has 0 saturated carbocycles. The topological polar surface area (TPSA) is 34.0 Å². The number of fused-ring (bicyclic) bond motifs is 2. The molecule has 0 radical (unpaired) electrons. The fraction of sp³-hybridized carbons (Fsp3) is 0.818. The van der Waals surface area contributed by atoms with Gasteiger partial charge in [-0.2, -0.15) is 0 Å². The number of rotatable bonds is 2. The summed E-state index contributed by atoms with van der Waals surface area (Å²) in [5.41, 5.74) is 1.10. The third kappa shape index (κ3) is 1.91. The molecule has 1 aromatic rings. The molecule has 0 spiro atoms. The first-order chi connectivity index (χ1) is 7.72. The van der Waals surface area contributed by atoms with Gasteiger partial charge in [0.25, 0.3) is 0 Å². The number of hydrogen-bond acceptors (Lipinski definition) is 3. The average Bonchev–Trinajstić information content (AvgIpc) is 2.72. The Bertz CT molecular complexity index is 364. The van der Waals surface area contributed by atoms with Gasteiger partial charge in [-0.05, 0) is 25.7 Å². The molecule has 3 rings (SSSR count). The molecule has 2 saturated heterocycles. The van der Waals surface area contributed by atoms with Crippen molar-refractivity contribution in [1.29, 1.82) is 0 Å². The molecule has 5 heteroatoms. The van der Waals surface area contributed by atoms with Gasteiger partial charge >= 0.3 is 0 Å². The van der Waals surface area contributed by atoms with E-state index in [1.165, 1.54) is 25.7 Å². The molecule has 2 aliphatic rings. The smallest absolute Gasteiger partial charge is 0.0967 e. The summed E-state index contributed by atoms with van der Waals surface area (Å²) in [4.78, 5) is 3.35. The quantitative estimate of drug-likeness (QED) is 0.776. The fourth-order valence-electron chi connectivity index (χ4n) is 3.12. The molecule has 2 atom stereocenters. The van der Waals surface area contributed by atoms with Gasteiger partial charge in [-0.15, -0.1) is 5.10 Å². The maximum absolute atomic E-state index is 4.19. The van der Waals surface area contributed by atoms with Gasteiger partial charge in [0, 0.05) is 36.7 Å². The third-order valence-corrected chi connectivity index (χ3v) is 4.57. The summed E-state index contributed by atoms with van der Waals surface area (Å²) in [6.45, 7) is 0.975. The van der Waals surface area contributed by atoms with Gasteiger partial charge in [-0.1, -0.05) is 21.1 Å². The Morgan fingerprint density at radius 3 is 2.62 bits per heavy atom. The van der Waals surface area contributed by atoms with Crippen molar-refractivity contribution in [1.82, 2.24) is 19.9 Å². The van der Waals surface area contributed by atoms with E-state index in [9.17, 15) is 0 Å². The van der Waals surface area contributed by atoms with Gasteiger partial charge in [0.05, 0.1) is 5.69 Å². The van der Waals surface area contributed by atoms with E-state index in [4.69, 9.17) is 0 Å². The summed E-state index contributed by atoms with van der Waals surface area (Å²) in [5, 5.41) is 8.18. The van der Waals surface area contributed by atoms with Gasteiger partial charge in [0.15, 0.2) is 0 Å². The summed E-state index contributed by atoms with van der Waals surface area (Å²) in [6.07, 6.45) is 7.31. The van der Waals surface area contributed by atoms with Crippen LogP contribution in [-0.4, -0.2) is 36.8 Å². The molecule has 4 nitrogen and oxygen atoms in total. The van der Waals surface area contributed by atoms with Gasteiger partial charge in [-0.3, -0.25) is 9.58 Å². The zero-order chi connectivity index (χ0) is 11.1. The van der Waals surface area contributed by atoms with E-state index in [0.29, 0.717) is 0 Å². The van der Waals surface area contributed by atoms with E-state index in [2.05, 4.69) is 31.1 Å². The SMILES string of the molecule is Cn1cc(CN2C3CCC2CC(Br)C3)nn1. The maximum atomic E-state index is 4.19. The van der Waals surface area contributed by atoms with Crippen molar-refractivity contribution >= 4 is 15.9 Å². The number of alkyl halides is 1. The van der Waals surface area contributed by atoms with Crippen molar-refractivity contribution in [3.05, 3.63) is 11.9 Å². The normalized spacial score (nSPS) is 34.5. The summed E-state index contributed by atoms with van der Waals surface area (Å²) in [7, 11) is 1.93. The Morgan fingerprint density at radius 1 is 1.38 bits per heavy atom. The van der Waals surface area contributed by atoms with E-state index in [1.54, 1.807) is 4.68 Å². The van der Waals surface area contributed by atoms with E-state index in [1.807, 2.05) is 13.2 Å². The molecule has 0 aromatic carbocycles. The van der Waals surface area contributed by atoms with Crippen LogP contribution in [-0.2, 0) is 13.6 Å². The van der Waals surface area contributed by atoms with Crippen LogP contribution < -0.4 is 0 Å². The van der Waals surface area contributed by atoms with E-state index in [0.717, 1.165) is 29.1 Å². The monoisotopic (exact) mass is 284 g/mol. The molecule has 2 fully saturated rings. The lowest BCUT2D eigenvalue weighted by Crippen LogP contribution is -2.42. The Kier molecular flexibility index (Phi) is 2.75. The van der Waals surface area contributed by atoms with Gasteiger partial charge < -0.3 is 0 Å². The first-order valence-electron chi connectivity index (χ1n) is 5.97. The number of hydrogen-bond donors (Lipinski definition) is 0. The van der Waals surface area contributed by atoms with E-state index in [-0.39, 0.29) is 0 Å². The second kappa shape index (κ2) is 4.11. The summed E-state index contributed by atoms with van der Waals surface area (Å²) >= 11 is 3.77. The third-order valence-electron chi connectivity index (χ3n) is 3.82. The zero-order valence-electron chi connectivity index (χ0n) is 9.51. The molecule has 3 heterocycles. The van der Waals surface area contributed by atoms with Crippen LogP contribution in [0.4, 0.5) is 0 Å². The summed E-state index contributed by atoms with van der Waals surface area (Å²) in [6, 6.07) is 1.51. The number of aromatic nitrogens is 3. The number of piperidine rings is 1. The number of nitrogens with zero attached hydrogens (tertiary/aromatic N) is 4. The van der Waals surface area contributed by atoms with Gasteiger partial charge in [0.2, 0.25) is 0 Å². The van der Waals surface area contributed by atoms with E-state index < -0.39 is 0 Å². The van der Waals surface area contributed by atoms with Crippen LogP contribution in [0.1, 0.15) is 31.4 Å². The Morgan fingerprint density at radius 2 is 2.06 bits per heavy atom. The minimum Gasteiger partial charge on any atom is -0.291 e. The molecular weight excluding hydrogens is 268 g/mol. The van der Waals surface area contributed by atoms with Crippen LogP contribution >= 0.6 is 15.9 Å². The molecule has 0 N–H and O–H groups in total. The van der Waals surface area contributed by atoms with Crippen LogP contribution in [0.5, 0.6) is 0 Å². The highest BCUT2D eigenvalue weighted by molar-refractivity contribution is 9.09. The highest BCUT2D eigenvalue weighted by Gasteiger charge is 2.39. The van der Waals surface area contributed by atoms with Crippen LogP contribution in [0, 0.1) is 0 Å². The molecule has 0 aliphatic carbocycles. The molecule has 2 aliphatic heterocycles. The fourth-order valence-corrected chi connectivity index (χ4v) is 3.98. The minimum atomic E-state index is 0.725. The van der Waals surface area contributed by atoms with Crippen molar-refractivity contribution in [2.45, 2.75) is 49.1 Å². The Hall–Kier alpha value is -0.420. The Labute approximate surface area is 104 Å². The predicted octanol–water partition coefficient (Wildman–Crippen LogP) is 1.71. The number of aryl methyl sites for hydroxylation is 1. The highest BCUT2D eigenvalue weighted by Crippen LogP contribution is 2.38. The van der Waals surface area contributed by atoms with Crippen LogP contribution in [0.2, 0.25) is 0 Å². The standard InChI is InChI=1S/C11H17BrN4/c1-15-6-9(13-14-15)7-16-10-2-3-11(16)5-8(12)4-10/h6,8,10-11H,2-5,7H2,1H3. The number of halogens is 1. The molecule has 88 valence electrons. The molecular formula is C11H17BrN4. The average molecular weight is 285 g/mol. The second-order valence-electron chi connectivity index (χ2n) is 5.01. The zero-order valence-corrected chi connectivity index (χ0v) is 11.1. The van der Waals surface area contributed by atoms with E-state index >= 15 is 0 Å². The van der Waals surface area contributed by atoms with Crippen LogP contribution in [0.3, 0.4) is 0 Å². The summed E-state index contributed by atoms with van der Waals surface area (Å²) < 4.78 is 1.79. The molecule has 0 amide bonds. The molecule has 2 bridgehead atoms. The lowest BCUT2D eigenvalue weighted by molar-refractivity contribution is 0.135. The lowest BCUT2D eigenvalue weighted by Gasteiger charge is -2.36. The van der Waals surface area contributed by atoms with Crippen molar-refractivity contribution < 1.29 is 0 Å². The van der Waals surface area contributed by atoms with Crippen molar-refractivity contribution in [3.8, 4) is 0 Å². The van der Waals surface area contributed by atoms with Crippen LogP contribution in [0.25, 0.3) is 0 Å². The Balaban J connectivity index is 1.72. The highest BCUT2D eigenvalue weighted by atomic mass is 79.9. The predicted molar refractivity (Wildman–Crippen MR) is 65.3 cm³/mol. The first-order valence-corrected chi connectivity index (χ1v) is 6.89. The molecule has 2 unspecified atom stereocenters. The first kappa shape index (κ1) is 10.7. The van der Waals surface area contributed by atoms with Gasteiger partial charge in [-0.25, -0.2) is 0 Å². The van der Waals surface area contributed by atoms with Crippen molar-refractivity contribution in [2.24, 2.45) is 7.05 Å². The lowest BCUT2D eigenvalue weighted by atomic mass is 10.0. The maximum Gasteiger partial charge on any atom is 0.0967 e. The molecule has 16 heavy (non-hydrogen) atoms. The summed E-state index contributed by atoms with van der Waals surface area (Å²) in [5.74, 6) is 0. The molecule has 1 aromatic heterocycles. The van der Waals surface area contributed by atoms with Crippen LogP contribution in [0.15, 0.2) is 6.20 Å². The van der Waals surface area contributed by atoms with Gasteiger partial charge in [0.1, 0.15) is 0 Å². The van der Waals surface area contributed by atoms with Crippen molar-refractivity contribution in [2.75, 3.05) is 0 Å². The minimum absolute atomic E-state index is 0.725. The van der Waals surface area contributed by atoms with Crippen molar-refractivity contribution in [3.63, 3.8) is 0 Å². The largest absolute Gasteiger partial charge is 0.291 e.